The van der Waals surface area contributed by atoms with E-state index in [0.29, 0.717) is 24.2 Å². The molecule has 1 aromatic rings. The van der Waals surface area contributed by atoms with Crippen LogP contribution < -0.4 is 10.6 Å². The van der Waals surface area contributed by atoms with E-state index in [0.717, 1.165) is 12.8 Å². The third-order valence-electron chi connectivity index (χ3n) is 4.80. The molecule has 1 aliphatic carbocycles. The van der Waals surface area contributed by atoms with Gasteiger partial charge in [-0.05, 0) is 25.8 Å². The minimum absolute atomic E-state index is 0.113. The molecule has 2 aliphatic rings. The predicted octanol–water partition coefficient (Wildman–Crippen LogP) is 2.07. The van der Waals surface area contributed by atoms with Crippen LogP contribution in [0.1, 0.15) is 25.3 Å². The van der Waals surface area contributed by atoms with Crippen LogP contribution in [0.3, 0.4) is 0 Å². The lowest BCUT2D eigenvalue weighted by Gasteiger charge is -2.24. The summed E-state index contributed by atoms with van der Waals surface area (Å²) in [6.45, 7) is 2.81. The molecule has 3 N–H and O–H groups in total. The number of fused-ring (bicyclic) bond motifs is 1. The largest absolute Gasteiger partial charge is 0.396 e. The molecule has 2 fully saturated rings. The fourth-order valence-electron chi connectivity index (χ4n) is 3.22. The molecular weight excluding hydrogens is 279 g/mol. The van der Waals surface area contributed by atoms with Crippen molar-refractivity contribution >= 4 is 11.6 Å². The number of hydrogen-bond acceptors (Lipinski definition) is 3. The smallest absolute Gasteiger partial charge is 0.146 e. The van der Waals surface area contributed by atoms with Crippen LogP contribution in [0.25, 0.3) is 0 Å². The first kappa shape index (κ1) is 14.3. The molecule has 5 heteroatoms. The second-order valence-electron chi connectivity index (χ2n) is 6.14. The van der Waals surface area contributed by atoms with Crippen molar-refractivity contribution in [3.8, 4) is 0 Å². The Balaban J connectivity index is 1.55. The zero-order valence-electron chi connectivity index (χ0n) is 11.5. The van der Waals surface area contributed by atoms with E-state index >= 15 is 0 Å². The number of aliphatic hydroxyl groups excluding tert-OH is 1. The van der Waals surface area contributed by atoms with Gasteiger partial charge in [0.25, 0.3) is 0 Å². The summed E-state index contributed by atoms with van der Waals surface area (Å²) in [4.78, 5) is 0. The van der Waals surface area contributed by atoms with Gasteiger partial charge in [-0.3, -0.25) is 0 Å². The van der Waals surface area contributed by atoms with Gasteiger partial charge in [-0.15, -0.1) is 0 Å². The Bertz CT molecular complexity index is 509. The van der Waals surface area contributed by atoms with E-state index in [4.69, 9.17) is 11.6 Å². The molecule has 1 saturated carbocycles. The first-order valence-electron chi connectivity index (χ1n) is 7.09. The van der Waals surface area contributed by atoms with E-state index in [-0.39, 0.29) is 28.9 Å². The molecule has 0 aromatic heterocycles. The highest BCUT2D eigenvalue weighted by Gasteiger charge is 2.60. The van der Waals surface area contributed by atoms with Gasteiger partial charge < -0.3 is 15.7 Å². The number of rotatable bonds is 5. The number of benzene rings is 1. The molecule has 1 heterocycles. The second-order valence-corrected chi connectivity index (χ2v) is 6.54. The normalized spacial score (nSPS) is 33.0. The zero-order chi connectivity index (χ0) is 14.3. The molecule has 4 atom stereocenters. The van der Waals surface area contributed by atoms with Crippen molar-refractivity contribution in [1.82, 2.24) is 10.6 Å². The highest BCUT2D eigenvalue weighted by Crippen LogP contribution is 2.54. The van der Waals surface area contributed by atoms with Gasteiger partial charge >= 0.3 is 0 Å². The van der Waals surface area contributed by atoms with Crippen LogP contribution >= 0.6 is 11.6 Å². The van der Waals surface area contributed by atoms with E-state index in [1.54, 1.807) is 18.2 Å². The van der Waals surface area contributed by atoms with Gasteiger partial charge in [0.2, 0.25) is 0 Å². The summed E-state index contributed by atoms with van der Waals surface area (Å²) in [6, 6.07) is 6.09. The Hall–Kier alpha value is -0.680. The van der Waals surface area contributed by atoms with E-state index in [1.807, 2.05) is 0 Å². The lowest BCUT2D eigenvalue weighted by Crippen LogP contribution is -2.44. The standard InChI is InChI=1S/C15H20ClFN2O/c1-9(12-5-15(8-20)6-13(15)19-12)18-7-10-3-2-4-11(16)14(10)17/h2-4,9,12-13,18-20H,5-8H2,1H3. The molecule has 0 radical (unpaired) electrons. The van der Waals surface area contributed by atoms with Crippen LogP contribution in [0.2, 0.25) is 5.02 Å². The van der Waals surface area contributed by atoms with Crippen LogP contribution in [-0.4, -0.2) is 29.8 Å². The van der Waals surface area contributed by atoms with E-state index in [1.165, 1.54) is 0 Å². The third kappa shape index (κ3) is 2.46. The summed E-state index contributed by atoms with van der Waals surface area (Å²) in [5.41, 5.74) is 0.700. The first-order valence-corrected chi connectivity index (χ1v) is 7.47. The zero-order valence-corrected chi connectivity index (χ0v) is 12.3. The number of piperidine rings is 1. The molecule has 1 aliphatic heterocycles. The number of nitrogens with one attached hydrogen (secondary N) is 2. The fourth-order valence-corrected chi connectivity index (χ4v) is 3.42. The average Bonchev–Trinajstić information content (AvgIpc) is 3.02. The summed E-state index contributed by atoms with van der Waals surface area (Å²) in [6.07, 6.45) is 2.07. The molecule has 0 spiro atoms. The van der Waals surface area contributed by atoms with Crippen LogP contribution in [0, 0.1) is 11.2 Å². The van der Waals surface area contributed by atoms with Crippen molar-refractivity contribution in [3.05, 3.63) is 34.6 Å². The van der Waals surface area contributed by atoms with Gasteiger partial charge in [0.15, 0.2) is 0 Å². The predicted molar refractivity (Wildman–Crippen MR) is 77.2 cm³/mol. The van der Waals surface area contributed by atoms with Crippen LogP contribution in [0.4, 0.5) is 4.39 Å². The van der Waals surface area contributed by atoms with Gasteiger partial charge in [-0.1, -0.05) is 23.7 Å². The lowest BCUT2D eigenvalue weighted by atomic mass is 9.97. The van der Waals surface area contributed by atoms with Crippen LogP contribution in [0.5, 0.6) is 0 Å². The summed E-state index contributed by atoms with van der Waals surface area (Å²) in [5, 5.41) is 16.5. The molecule has 0 amide bonds. The Morgan fingerprint density at radius 1 is 1.55 bits per heavy atom. The monoisotopic (exact) mass is 298 g/mol. The quantitative estimate of drug-likeness (QED) is 0.780. The van der Waals surface area contributed by atoms with Gasteiger partial charge in [0, 0.05) is 35.6 Å². The summed E-state index contributed by atoms with van der Waals surface area (Å²) in [5.74, 6) is -0.345. The Morgan fingerprint density at radius 3 is 3.05 bits per heavy atom. The molecule has 1 aromatic carbocycles. The number of hydrogen-bond donors (Lipinski definition) is 3. The fraction of sp³-hybridized carbons (Fsp3) is 0.600. The minimum Gasteiger partial charge on any atom is -0.396 e. The van der Waals surface area contributed by atoms with Crippen molar-refractivity contribution in [2.75, 3.05) is 6.61 Å². The average molecular weight is 299 g/mol. The van der Waals surface area contributed by atoms with Gasteiger partial charge in [0.1, 0.15) is 5.82 Å². The first-order chi connectivity index (χ1) is 9.55. The Kier molecular flexibility index (Phi) is 3.75. The molecule has 0 bridgehead atoms. The highest BCUT2D eigenvalue weighted by molar-refractivity contribution is 6.30. The third-order valence-corrected chi connectivity index (χ3v) is 5.09. The molecule has 3 rings (SSSR count). The van der Waals surface area contributed by atoms with E-state index < -0.39 is 0 Å². The summed E-state index contributed by atoms with van der Waals surface area (Å²) < 4.78 is 13.8. The van der Waals surface area contributed by atoms with Gasteiger partial charge in [-0.25, -0.2) is 4.39 Å². The maximum atomic E-state index is 13.8. The van der Waals surface area contributed by atoms with E-state index in [2.05, 4.69) is 17.6 Å². The topological polar surface area (TPSA) is 44.3 Å². The molecule has 20 heavy (non-hydrogen) atoms. The van der Waals surface area contributed by atoms with Gasteiger partial charge in [-0.2, -0.15) is 0 Å². The maximum Gasteiger partial charge on any atom is 0.146 e. The van der Waals surface area contributed by atoms with E-state index in [9.17, 15) is 9.50 Å². The number of halogens is 2. The minimum atomic E-state index is -0.345. The summed E-state index contributed by atoms with van der Waals surface area (Å²) in [7, 11) is 0. The molecule has 1 saturated heterocycles. The van der Waals surface area contributed by atoms with Crippen molar-refractivity contribution < 1.29 is 9.50 Å². The van der Waals surface area contributed by atoms with Crippen molar-refractivity contribution in [1.29, 1.82) is 0 Å². The second kappa shape index (κ2) is 5.26. The Labute approximate surface area is 123 Å². The van der Waals surface area contributed by atoms with Crippen LogP contribution in [-0.2, 0) is 6.54 Å². The molecule has 3 nitrogen and oxygen atoms in total. The number of aliphatic hydroxyl groups is 1. The SMILES string of the molecule is CC(NCc1cccc(Cl)c1F)C1CC2(CO)CC2N1. The highest BCUT2D eigenvalue weighted by atomic mass is 35.5. The molecular formula is C15H20ClFN2O. The lowest BCUT2D eigenvalue weighted by molar-refractivity contribution is 0.204. The van der Waals surface area contributed by atoms with Crippen molar-refractivity contribution in [2.24, 2.45) is 5.41 Å². The summed E-state index contributed by atoms with van der Waals surface area (Å²) >= 11 is 5.78. The molecule has 4 unspecified atom stereocenters. The van der Waals surface area contributed by atoms with Gasteiger partial charge in [0.05, 0.1) is 11.6 Å². The van der Waals surface area contributed by atoms with Crippen LogP contribution in [0.15, 0.2) is 18.2 Å². The van der Waals surface area contributed by atoms with Crippen molar-refractivity contribution in [2.45, 2.75) is 44.4 Å². The van der Waals surface area contributed by atoms with Crippen molar-refractivity contribution in [3.63, 3.8) is 0 Å². The maximum absolute atomic E-state index is 13.8. The Morgan fingerprint density at radius 2 is 2.35 bits per heavy atom. The molecule has 110 valence electrons.